The van der Waals surface area contributed by atoms with E-state index in [0.717, 1.165) is 22.0 Å². The topological polar surface area (TPSA) is 39.2 Å². The van der Waals surface area contributed by atoms with E-state index >= 15 is 0 Å². The maximum atomic E-state index is 11.3. The summed E-state index contributed by atoms with van der Waals surface area (Å²) < 4.78 is 5.17. The average Bonchev–Trinajstić information content (AvgIpc) is 2.61. The summed E-state index contributed by atoms with van der Waals surface area (Å²) in [6.45, 7) is 3.50. The summed E-state index contributed by atoms with van der Waals surface area (Å²) in [5, 5.41) is 3.43. The number of carbonyl (C=O) groups excluding carboxylic acids is 1. The minimum atomic E-state index is -0.370. The van der Waals surface area contributed by atoms with Crippen LogP contribution in [0.15, 0.2) is 66.7 Å². The molecule has 0 fully saturated rings. The van der Waals surface area contributed by atoms with Crippen LogP contribution < -0.4 is 4.74 Å². The fourth-order valence-corrected chi connectivity index (χ4v) is 3.25. The van der Waals surface area contributed by atoms with Gasteiger partial charge in [-0.15, -0.1) is 0 Å². The first-order chi connectivity index (χ1) is 12.1. The van der Waals surface area contributed by atoms with Crippen LogP contribution in [0.4, 0.5) is 0 Å². The number of fused-ring (bicyclic) bond motifs is 2. The molecule has 0 aliphatic carbocycles. The molecule has 0 radical (unpaired) electrons. The molecule has 4 rings (SSSR count). The van der Waals surface area contributed by atoms with Crippen molar-refractivity contribution in [1.29, 1.82) is 0 Å². The molecule has 122 valence electrons. The second-order valence-electron chi connectivity index (χ2n) is 6.10. The number of hydrogen-bond acceptors (Lipinski definition) is 3. The average molecular weight is 327 g/mol. The predicted octanol–water partition coefficient (Wildman–Crippen LogP) is 5.29. The molecule has 0 amide bonds. The van der Waals surface area contributed by atoms with Gasteiger partial charge >= 0.3 is 5.97 Å². The van der Waals surface area contributed by atoms with Gasteiger partial charge in [-0.25, -0.2) is 4.98 Å². The summed E-state index contributed by atoms with van der Waals surface area (Å²) in [6, 6.07) is 22.4. The monoisotopic (exact) mass is 327 g/mol. The van der Waals surface area contributed by atoms with Crippen molar-refractivity contribution in [3.05, 3.63) is 72.3 Å². The normalized spacial score (nSPS) is 11.0. The van der Waals surface area contributed by atoms with Gasteiger partial charge in [0.25, 0.3) is 0 Å². The predicted molar refractivity (Wildman–Crippen MR) is 101 cm³/mol. The van der Waals surface area contributed by atoms with Gasteiger partial charge in [-0.1, -0.05) is 54.6 Å². The number of para-hydroxylation sites is 1. The number of aromatic nitrogens is 1. The van der Waals surface area contributed by atoms with Gasteiger partial charge < -0.3 is 4.74 Å². The summed E-state index contributed by atoms with van der Waals surface area (Å²) in [7, 11) is 0. The fraction of sp³-hybridized carbons (Fsp3) is 0.0909. The Hall–Kier alpha value is -3.20. The lowest BCUT2D eigenvalue weighted by molar-refractivity contribution is -0.132. The van der Waals surface area contributed by atoms with Crippen LogP contribution in [0.3, 0.4) is 0 Å². The number of hydrogen-bond donors (Lipinski definition) is 0. The summed E-state index contributed by atoms with van der Waals surface area (Å²) in [5.74, 6) is -0.0472. The van der Waals surface area contributed by atoms with Crippen LogP contribution in [-0.4, -0.2) is 11.0 Å². The Morgan fingerprint density at radius 1 is 0.840 bits per heavy atom. The molecule has 0 aliphatic rings. The minimum Gasteiger partial charge on any atom is -0.408 e. The Balaban J connectivity index is 2.01. The van der Waals surface area contributed by atoms with Gasteiger partial charge in [0.2, 0.25) is 5.88 Å². The van der Waals surface area contributed by atoms with Crippen molar-refractivity contribution in [3.8, 4) is 17.0 Å². The largest absolute Gasteiger partial charge is 0.408 e. The highest BCUT2D eigenvalue weighted by molar-refractivity contribution is 6.04. The number of ether oxygens (including phenoxy) is 1. The van der Waals surface area contributed by atoms with Crippen molar-refractivity contribution in [2.45, 2.75) is 13.8 Å². The molecule has 4 aromatic rings. The van der Waals surface area contributed by atoms with Crippen molar-refractivity contribution in [2.75, 3.05) is 0 Å². The highest BCUT2D eigenvalue weighted by Gasteiger charge is 2.11. The van der Waals surface area contributed by atoms with E-state index in [1.165, 1.54) is 23.3 Å². The number of benzene rings is 3. The molecular formula is C22H17NO2. The number of pyridine rings is 1. The molecule has 0 saturated carbocycles. The Kier molecular flexibility index (Phi) is 3.69. The number of carbonyl (C=O) groups is 1. The SMILES string of the molecule is CC(=O)Oc1ccc2cccc(-c3cccc4c(C)cccc34)c2n1. The maximum absolute atomic E-state index is 11.3. The maximum Gasteiger partial charge on any atom is 0.309 e. The standard InChI is InChI=1S/C22H17NO2/c1-14-6-3-9-18-17(14)8-5-10-19(18)20-11-4-7-16-12-13-21(23-22(16)20)25-15(2)24/h3-13H,1-2H3. The van der Waals surface area contributed by atoms with Crippen LogP contribution >= 0.6 is 0 Å². The van der Waals surface area contributed by atoms with E-state index in [-0.39, 0.29) is 5.97 Å². The minimum absolute atomic E-state index is 0.323. The number of rotatable bonds is 2. The van der Waals surface area contributed by atoms with Crippen LogP contribution in [0, 0.1) is 6.92 Å². The van der Waals surface area contributed by atoms with Crippen molar-refractivity contribution in [1.82, 2.24) is 4.98 Å². The van der Waals surface area contributed by atoms with E-state index in [1.807, 2.05) is 18.2 Å². The van der Waals surface area contributed by atoms with Gasteiger partial charge in [0.1, 0.15) is 0 Å². The van der Waals surface area contributed by atoms with E-state index in [1.54, 1.807) is 6.07 Å². The molecule has 25 heavy (non-hydrogen) atoms. The third-order valence-electron chi connectivity index (χ3n) is 4.37. The first-order valence-corrected chi connectivity index (χ1v) is 8.20. The fourth-order valence-electron chi connectivity index (χ4n) is 3.25. The molecular weight excluding hydrogens is 310 g/mol. The lowest BCUT2D eigenvalue weighted by atomic mass is 9.94. The second kappa shape index (κ2) is 6.02. The third kappa shape index (κ3) is 2.74. The number of nitrogens with zero attached hydrogens (tertiary/aromatic N) is 1. The zero-order valence-electron chi connectivity index (χ0n) is 14.1. The van der Waals surface area contributed by atoms with Crippen molar-refractivity contribution < 1.29 is 9.53 Å². The van der Waals surface area contributed by atoms with Crippen LogP contribution in [0.5, 0.6) is 5.88 Å². The molecule has 1 heterocycles. The van der Waals surface area contributed by atoms with Gasteiger partial charge in [-0.2, -0.15) is 0 Å². The van der Waals surface area contributed by atoms with Crippen LogP contribution in [0.25, 0.3) is 32.8 Å². The molecule has 0 N–H and O–H groups in total. The lowest BCUT2D eigenvalue weighted by Gasteiger charge is -2.11. The van der Waals surface area contributed by atoms with Gasteiger partial charge in [0.05, 0.1) is 5.52 Å². The summed E-state index contributed by atoms with van der Waals surface area (Å²) in [4.78, 5) is 15.8. The van der Waals surface area contributed by atoms with Crippen LogP contribution in [0.1, 0.15) is 12.5 Å². The molecule has 3 heteroatoms. The van der Waals surface area contributed by atoms with Crippen molar-refractivity contribution in [2.24, 2.45) is 0 Å². The summed E-state index contributed by atoms with van der Waals surface area (Å²) >= 11 is 0. The van der Waals surface area contributed by atoms with E-state index in [2.05, 4.69) is 54.4 Å². The van der Waals surface area contributed by atoms with E-state index in [0.29, 0.717) is 5.88 Å². The zero-order chi connectivity index (χ0) is 17.4. The lowest BCUT2D eigenvalue weighted by Crippen LogP contribution is -2.03. The second-order valence-corrected chi connectivity index (χ2v) is 6.10. The third-order valence-corrected chi connectivity index (χ3v) is 4.37. The van der Waals surface area contributed by atoms with Crippen molar-refractivity contribution in [3.63, 3.8) is 0 Å². The smallest absolute Gasteiger partial charge is 0.309 e. The Morgan fingerprint density at radius 2 is 1.56 bits per heavy atom. The molecule has 3 nitrogen and oxygen atoms in total. The number of aryl methyl sites for hydroxylation is 1. The highest BCUT2D eigenvalue weighted by atomic mass is 16.5. The van der Waals surface area contributed by atoms with Gasteiger partial charge in [0, 0.05) is 23.9 Å². The molecule has 0 spiro atoms. The molecule has 0 saturated heterocycles. The summed E-state index contributed by atoms with van der Waals surface area (Å²) in [5.41, 5.74) is 4.23. The molecule has 0 unspecified atom stereocenters. The Bertz CT molecular complexity index is 1120. The Morgan fingerprint density at radius 3 is 2.40 bits per heavy atom. The first kappa shape index (κ1) is 15.3. The van der Waals surface area contributed by atoms with Gasteiger partial charge in [-0.3, -0.25) is 4.79 Å². The molecule has 1 aromatic heterocycles. The van der Waals surface area contributed by atoms with Gasteiger partial charge in [0.15, 0.2) is 0 Å². The highest BCUT2D eigenvalue weighted by Crippen LogP contribution is 2.34. The van der Waals surface area contributed by atoms with Crippen molar-refractivity contribution >= 4 is 27.6 Å². The molecule has 0 aliphatic heterocycles. The molecule has 0 bridgehead atoms. The van der Waals surface area contributed by atoms with E-state index in [9.17, 15) is 4.79 Å². The van der Waals surface area contributed by atoms with E-state index < -0.39 is 0 Å². The zero-order valence-corrected chi connectivity index (χ0v) is 14.1. The Labute approximate surface area is 145 Å². The van der Waals surface area contributed by atoms with Crippen LogP contribution in [0.2, 0.25) is 0 Å². The summed E-state index contributed by atoms with van der Waals surface area (Å²) in [6.07, 6.45) is 0. The molecule has 0 atom stereocenters. The first-order valence-electron chi connectivity index (χ1n) is 8.20. The van der Waals surface area contributed by atoms with E-state index in [4.69, 9.17) is 4.74 Å². The number of esters is 1. The quantitative estimate of drug-likeness (QED) is 0.470. The van der Waals surface area contributed by atoms with Crippen LogP contribution in [-0.2, 0) is 4.79 Å². The molecule has 3 aromatic carbocycles. The van der Waals surface area contributed by atoms with Gasteiger partial charge in [-0.05, 0) is 34.9 Å².